The van der Waals surface area contributed by atoms with E-state index in [1.807, 2.05) is 0 Å². The second kappa shape index (κ2) is 5.87. The standard InChI is InChI=1S/C13H13ClFN3O2/c14-9-2-1-3-10(15)8(9)6-12-17-13(18-20-12)11-7-16-4-5-19-11/h1-3,11,16H,4-7H2. The summed E-state index contributed by atoms with van der Waals surface area (Å²) >= 11 is 5.97. The van der Waals surface area contributed by atoms with Gasteiger partial charge in [0, 0.05) is 23.7 Å². The van der Waals surface area contributed by atoms with Gasteiger partial charge < -0.3 is 14.6 Å². The minimum Gasteiger partial charge on any atom is -0.367 e. The third-order valence-electron chi connectivity index (χ3n) is 3.09. The normalized spacial score (nSPS) is 19.2. The monoisotopic (exact) mass is 297 g/mol. The van der Waals surface area contributed by atoms with Crippen molar-refractivity contribution in [3.05, 3.63) is 46.3 Å². The van der Waals surface area contributed by atoms with Crippen LogP contribution >= 0.6 is 11.6 Å². The number of halogens is 2. The number of nitrogens with one attached hydrogen (secondary N) is 1. The van der Waals surface area contributed by atoms with Crippen molar-refractivity contribution < 1.29 is 13.7 Å². The van der Waals surface area contributed by atoms with Crippen LogP contribution in [0.1, 0.15) is 23.4 Å². The fraction of sp³-hybridized carbons (Fsp3) is 0.385. The Morgan fingerprint density at radius 3 is 3.10 bits per heavy atom. The highest BCUT2D eigenvalue weighted by Crippen LogP contribution is 2.23. The molecule has 1 fully saturated rings. The van der Waals surface area contributed by atoms with Gasteiger partial charge in [-0.3, -0.25) is 0 Å². The molecule has 2 aromatic rings. The van der Waals surface area contributed by atoms with Gasteiger partial charge in [-0.2, -0.15) is 4.98 Å². The Kier molecular flexibility index (Phi) is 3.95. The molecule has 3 rings (SSSR count). The fourth-order valence-corrected chi connectivity index (χ4v) is 2.28. The van der Waals surface area contributed by atoms with Crippen LogP contribution in [0.2, 0.25) is 5.02 Å². The fourth-order valence-electron chi connectivity index (χ4n) is 2.05. The summed E-state index contributed by atoms with van der Waals surface area (Å²) in [7, 11) is 0. The zero-order valence-electron chi connectivity index (χ0n) is 10.6. The first-order valence-corrected chi connectivity index (χ1v) is 6.69. The van der Waals surface area contributed by atoms with Gasteiger partial charge in [0.15, 0.2) is 0 Å². The van der Waals surface area contributed by atoms with E-state index in [9.17, 15) is 4.39 Å². The number of morpholine rings is 1. The lowest BCUT2D eigenvalue weighted by Gasteiger charge is -2.20. The quantitative estimate of drug-likeness (QED) is 0.940. The van der Waals surface area contributed by atoms with Crippen molar-refractivity contribution in [1.29, 1.82) is 0 Å². The number of benzene rings is 1. The Morgan fingerprint density at radius 2 is 2.35 bits per heavy atom. The highest BCUT2D eigenvalue weighted by Gasteiger charge is 2.22. The average Bonchev–Trinajstić information content (AvgIpc) is 2.93. The summed E-state index contributed by atoms with van der Waals surface area (Å²) < 4.78 is 24.4. The molecule has 0 aliphatic carbocycles. The second-order valence-corrected chi connectivity index (χ2v) is 4.89. The van der Waals surface area contributed by atoms with Crippen LogP contribution in [0.5, 0.6) is 0 Å². The van der Waals surface area contributed by atoms with Crippen LogP contribution in [0, 0.1) is 5.82 Å². The Morgan fingerprint density at radius 1 is 1.45 bits per heavy atom. The molecule has 0 radical (unpaired) electrons. The maximum atomic E-state index is 13.7. The minimum atomic E-state index is -0.382. The first kappa shape index (κ1) is 13.5. The lowest BCUT2D eigenvalue weighted by molar-refractivity contribution is 0.0208. The highest BCUT2D eigenvalue weighted by atomic mass is 35.5. The Labute approximate surface area is 120 Å². The zero-order valence-corrected chi connectivity index (χ0v) is 11.4. The lowest BCUT2D eigenvalue weighted by Crippen LogP contribution is -2.33. The van der Waals surface area contributed by atoms with E-state index in [2.05, 4.69) is 15.5 Å². The Balaban J connectivity index is 1.77. The molecule has 1 atom stereocenters. The first-order chi connectivity index (χ1) is 9.74. The smallest absolute Gasteiger partial charge is 0.231 e. The number of hydrogen-bond acceptors (Lipinski definition) is 5. The third kappa shape index (κ3) is 2.82. The predicted octanol–water partition coefficient (Wildman–Crippen LogP) is 2.11. The van der Waals surface area contributed by atoms with Gasteiger partial charge in [-0.05, 0) is 12.1 Å². The van der Waals surface area contributed by atoms with E-state index in [0.717, 1.165) is 6.54 Å². The van der Waals surface area contributed by atoms with E-state index in [1.165, 1.54) is 6.07 Å². The van der Waals surface area contributed by atoms with Crippen LogP contribution in [-0.4, -0.2) is 29.8 Å². The Bertz CT molecular complexity index is 579. The van der Waals surface area contributed by atoms with E-state index < -0.39 is 0 Å². The molecule has 1 aliphatic heterocycles. The largest absolute Gasteiger partial charge is 0.367 e. The van der Waals surface area contributed by atoms with E-state index in [0.29, 0.717) is 35.5 Å². The minimum absolute atomic E-state index is 0.165. The van der Waals surface area contributed by atoms with Crippen LogP contribution in [0.4, 0.5) is 4.39 Å². The van der Waals surface area contributed by atoms with Gasteiger partial charge in [0.05, 0.1) is 13.0 Å². The molecule has 5 nitrogen and oxygen atoms in total. The molecular weight excluding hydrogens is 285 g/mol. The van der Waals surface area contributed by atoms with Crippen LogP contribution in [-0.2, 0) is 11.2 Å². The molecule has 106 valence electrons. The highest BCUT2D eigenvalue weighted by molar-refractivity contribution is 6.31. The molecule has 1 unspecified atom stereocenters. The predicted molar refractivity (Wildman–Crippen MR) is 70.1 cm³/mol. The van der Waals surface area contributed by atoms with E-state index in [1.54, 1.807) is 12.1 Å². The number of aromatic nitrogens is 2. The molecule has 0 bridgehead atoms. The van der Waals surface area contributed by atoms with Gasteiger partial charge in [-0.1, -0.05) is 22.8 Å². The van der Waals surface area contributed by atoms with Crippen molar-refractivity contribution in [2.24, 2.45) is 0 Å². The molecule has 7 heteroatoms. The van der Waals surface area contributed by atoms with Crippen LogP contribution < -0.4 is 5.32 Å². The number of hydrogen-bond donors (Lipinski definition) is 1. The Hall–Kier alpha value is -1.50. The molecule has 1 N–H and O–H groups in total. The summed E-state index contributed by atoms with van der Waals surface area (Å²) in [6.07, 6.45) is -0.0594. The zero-order chi connectivity index (χ0) is 13.9. The topological polar surface area (TPSA) is 60.2 Å². The first-order valence-electron chi connectivity index (χ1n) is 6.32. The van der Waals surface area contributed by atoms with Gasteiger partial charge in [0.1, 0.15) is 11.9 Å². The van der Waals surface area contributed by atoms with Crippen LogP contribution in [0.25, 0.3) is 0 Å². The molecule has 1 saturated heterocycles. The number of nitrogens with zero attached hydrogens (tertiary/aromatic N) is 2. The van der Waals surface area contributed by atoms with E-state index in [4.69, 9.17) is 20.9 Å². The summed E-state index contributed by atoms with van der Waals surface area (Å²) in [6, 6.07) is 4.54. The van der Waals surface area contributed by atoms with Gasteiger partial charge in [0.25, 0.3) is 0 Å². The SMILES string of the molecule is Fc1cccc(Cl)c1Cc1nc(C2CNCCO2)no1. The molecule has 0 spiro atoms. The van der Waals surface area contributed by atoms with E-state index >= 15 is 0 Å². The third-order valence-corrected chi connectivity index (χ3v) is 3.44. The molecule has 1 aromatic carbocycles. The van der Waals surface area contributed by atoms with Crippen LogP contribution in [0.15, 0.2) is 22.7 Å². The molecule has 1 aromatic heterocycles. The van der Waals surface area contributed by atoms with Crippen LogP contribution in [0.3, 0.4) is 0 Å². The second-order valence-electron chi connectivity index (χ2n) is 4.49. The van der Waals surface area contributed by atoms with Crippen molar-refractivity contribution in [3.63, 3.8) is 0 Å². The maximum absolute atomic E-state index is 13.7. The molecule has 20 heavy (non-hydrogen) atoms. The van der Waals surface area contributed by atoms with Crippen molar-refractivity contribution in [2.75, 3.05) is 19.7 Å². The number of rotatable bonds is 3. The maximum Gasteiger partial charge on any atom is 0.231 e. The van der Waals surface area contributed by atoms with Gasteiger partial charge in [-0.15, -0.1) is 0 Å². The molecule has 0 amide bonds. The van der Waals surface area contributed by atoms with Crippen molar-refractivity contribution in [1.82, 2.24) is 15.5 Å². The summed E-state index contributed by atoms with van der Waals surface area (Å²) in [6.45, 7) is 2.05. The average molecular weight is 298 g/mol. The molecular formula is C13H13ClFN3O2. The van der Waals surface area contributed by atoms with Gasteiger partial charge in [0.2, 0.25) is 11.7 Å². The lowest BCUT2D eigenvalue weighted by atomic mass is 10.1. The van der Waals surface area contributed by atoms with Crippen molar-refractivity contribution in [3.8, 4) is 0 Å². The molecule has 0 saturated carbocycles. The van der Waals surface area contributed by atoms with Gasteiger partial charge >= 0.3 is 0 Å². The van der Waals surface area contributed by atoms with Crippen molar-refractivity contribution >= 4 is 11.6 Å². The summed E-state index contributed by atoms with van der Waals surface area (Å²) in [5.74, 6) is 0.411. The number of ether oxygens (including phenoxy) is 1. The van der Waals surface area contributed by atoms with E-state index in [-0.39, 0.29) is 18.3 Å². The summed E-state index contributed by atoms with van der Waals surface area (Å²) in [4.78, 5) is 4.24. The van der Waals surface area contributed by atoms with Gasteiger partial charge in [-0.25, -0.2) is 4.39 Å². The summed E-state index contributed by atoms with van der Waals surface area (Å²) in [5.41, 5.74) is 0.354. The van der Waals surface area contributed by atoms with Crippen molar-refractivity contribution in [2.45, 2.75) is 12.5 Å². The summed E-state index contributed by atoms with van der Waals surface area (Å²) in [5, 5.41) is 7.41. The molecule has 1 aliphatic rings. The molecule has 2 heterocycles.